The van der Waals surface area contributed by atoms with Gasteiger partial charge in [-0.15, -0.1) is 5.10 Å². The van der Waals surface area contributed by atoms with Gasteiger partial charge in [0.15, 0.2) is 11.6 Å². The van der Waals surface area contributed by atoms with Crippen LogP contribution in [0.25, 0.3) is 17.3 Å². The minimum atomic E-state index is -0.301. The Labute approximate surface area is 155 Å². The molecular weight excluding hydrogens is 344 g/mol. The predicted octanol–water partition coefficient (Wildman–Crippen LogP) is 3.70. The standard InChI is InChI=1S/C20H18N4O3/c1-14-7-9-15(10-8-14)24-19(17-6-4-12-27-17)21-18(22-24)20(25)23(2)13-16-5-3-11-26-16/h3-12H,13H2,1-2H3. The van der Waals surface area contributed by atoms with Gasteiger partial charge in [-0.2, -0.15) is 4.98 Å². The maximum atomic E-state index is 12.8. The fourth-order valence-corrected chi connectivity index (χ4v) is 2.71. The highest BCUT2D eigenvalue weighted by Crippen LogP contribution is 2.22. The van der Waals surface area contributed by atoms with Gasteiger partial charge in [0, 0.05) is 7.05 Å². The lowest BCUT2D eigenvalue weighted by Crippen LogP contribution is -2.27. The van der Waals surface area contributed by atoms with Crippen molar-refractivity contribution >= 4 is 5.91 Å². The van der Waals surface area contributed by atoms with E-state index in [0.29, 0.717) is 23.9 Å². The first kappa shape index (κ1) is 16.8. The zero-order valence-corrected chi connectivity index (χ0v) is 15.0. The van der Waals surface area contributed by atoms with Gasteiger partial charge in [0.1, 0.15) is 5.76 Å². The molecule has 3 aromatic heterocycles. The lowest BCUT2D eigenvalue weighted by atomic mass is 10.2. The van der Waals surface area contributed by atoms with Gasteiger partial charge in [-0.05, 0) is 43.3 Å². The Balaban J connectivity index is 1.70. The zero-order chi connectivity index (χ0) is 18.8. The van der Waals surface area contributed by atoms with Crippen LogP contribution >= 0.6 is 0 Å². The van der Waals surface area contributed by atoms with E-state index in [2.05, 4.69) is 10.1 Å². The fourth-order valence-electron chi connectivity index (χ4n) is 2.71. The largest absolute Gasteiger partial charge is 0.467 e. The summed E-state index contributed by atoms with van der Waals surface area (Å²) >= 11 is 0. The molecule has 0 fully saturated rings. The average molecular weight is 362 g/mol. The highest BCUT2D eigenvalue weighted by atomic mass is 16.3. The molecule has 3 heterocycles. The van der Waals surface area contributed by atoms with Crippen molar-refractivity contribution in [2.75, 3.05) is 7.05 Å². The summed E-state index contributed by atoms with van der Waals surface area (Å²) in [5.41, 5.74) is 1.93. The number of benzene rings is 1. The Kier molecular flexibility index (Phi) is 4.33. The number of carbonyl (C=O) groups is 1. The van der Waals surface area contributed by atoms with Crippen molar-refractivity contribution < 1.29 is 13.6 Å². The van der Waals surface area contributed by atoms with Gasteiger partial charge in [0.25, 0.3) is 5.91 Å². The van der Waals surface area contributed by atoms with Crippen LogP contribution in [-0.2, 0) is 6.54 Å². The lowest BCUT2D eigenvalue weighted by molar-refractivity contribution is 0.0763. The monoisotopic (exact) mass is 362 g/mol. The van der Waals surface area contributed by atoms with Crippen LogP contribution in [-0.4, -0.2) is 32.6 Å². The van der Waals surface area contributed by atoms with Gasteiger partial charge in [-0.25, -0.2) is 4.68 Å². The van der Waals surface area contributed by atoms with Crippen molar-refractivity contribution in [3.63, 3.8) is 0 Å². The Hall–Kier alpha value is -3.61. The molecule has 0 bridgehead atoms. The highest BCUT2D eigenvalue weighted by molar-refractivity contribution is 5.90. The molecule has 7 nitrogen and oxygen atoms in total. The van der Waals surface area contributed by atoms with Crippen molar-refractivity contribution in [3.05, 3.63) is 78.2 Å². The van der Waals surface area contributed by atoms with Crippen LogP contribution in [0.5, 0.6) is 0 Å². The summed E-state index contributed by atoms with van der Waals surface area (Å²) in [5, 5.41) is 4.44. The lowest BCUT2D eigenvalue weighted by Gasteiger charge is -2.13. The number of hydrogen-bond acceptors (Lipinski definition) is 5. The summed E-state index contributed by atoms with van der Waals surface area (Å²) in [6.45, 7) is 2.35. The number of nitrogens with zero attached hydrogens (tertiary/aromatic N) is 4. The molecule has 0 unspecified atom stereocenters. The Bertz CT molecular complexity index is 1030. The Morgan fingerprint density at radius 1 is 1.07 bits per heavy atom. The first-order chi connectivity index (χ1) is 13.1. The molecular formula is C20H18N4O3. The van der Waals surface area contributed by atoms with E-state index >= 15 is 0 Å². The van der Waals surface area contributed by atoms with Gasteiger partial charge < -0.3 is 13.7 Å². The van der Waals surface area contributed by atoms with Crippen LogP contribution < -0.4 is 0 Å². The van der Waals surface area contributed by atoms with E-state index in [1.165, 1.54) is 4.90 Å². The van der Waals surface area contributed by atoms with Crippen LogP contribution in [0, 0.1) is 6.92 Å². The fraction of sp³-hybridized carbons (Fsp3) is 0.150. The molecule has 4 rings (SSSR count). The molecule has 0 atom stereocenters. The third kappa shape index (κ3) is 3.39. The number of aromatic nitrogens is 3. The van der Waals surface area contributed by atoms with Crippen LogP contribution in [0.4, 0.5) is 0 Å². The van der Waals surface area contributed by atoms with E-state index in [0.717, 1.165) is 11.3 Å². The summed E-state index contributed by atoms with van der Waals surface area (Å²) in [4.78, 5) is 18.8. The smallest absolute Gasteiger partial charge is 0.293 e. The van der Waals surface area contributed by atoms with Crippen LogP contribution in [0.3, 0.4) is 0 Å². The summed E-state index contributed by atoms with van der Waals surface area (Å²) in [6, 6.07) is 15.0. The molecule has 0 saturated heterocycles. The van der Waals surface area contributed by atoms with E-state index in [4.69, 9.17) is 8.83 Å². The third-order valence-corrected chi connectivity index (χ3v) is 4.14. The molecule has 1 amide bonds. The second-order valence-electron chi connectivity index (χ2n) is 6.22. The zero-order valence-electron chi connectivity index (χ0n) is 15.0. The van der Waals surface area contributed by atoms with Gasteiger partial charge in [0.2, 0.25) is 5.82 Å². The predicted molar refractivity (Wildman–Crippen MR) is 98.3 cm³/mol. The minimum Gasteiger partial charge on any atom is -0.467 e. The number of carbonyl (C=O) groups excluding carboxylic acids is 1. The number of aryl methyl sites for hydroxylation is 1. The first-order valence-electron chi connectivity index (χ1n) is 8.47. The molecule has 0 N–H and O–H groups in total. The third-order valence-electron chi connectivity index (χ3n) is 4.14. The van der Waals surface area contributed by atoms with Crippen molar-refractivity contribution in [2.45, 2.75) is 13.5 Å². The van der Waals surface area contributed by atoms with Crippen molar-refractivity contribution in [1.29, 1.82) is 0 Å². The normalized spacial score (nSPS) is 10.9. The van der Waals surface area contributed by atoms with E-state index < -0.39 is 0 Å². The summed E-state index contributed by atoms with van der Waals surface area (Å²) in [6.07, 6.45) is 3.14. The minimum absolute atomic E-state index is 0.0935. The molecule has 0 spiro atoms. The molecule has 4 aromatic rings. The maximum absolute atomic E-state index is 12.8. The highest BCUT2D eigenvalue weighted by Gasteiger charge is 2.23. The second kappa shape index (κ2) is 6.95. The molecule has 0 aliphatic carbocycles. The van der Waals surface area contributed by atoms with Crippen LogP contribution in [0.15, 0.2) is 69.9 Å². The molecule has 27 heavy (non-hydrogen) atoms. The number of hydrogen-bond donors (Lipinski definition) is 0. The molecule has 0 aliphatic heterocycles. The van der Waals surface area contributed by atoms with E-state index in [1.807, 2.05) is 37.3 Å². The maximum Gasteiger partial charge on any atom is 0.293 e. The molecule has 1 aromatic carbocycles. The quantitative estimate of drug-likeness (QED) is 0.541. The van der Waals surface area contributed by atoms with Crippen molar-refractivity contribution in [1.82, 2.24) is 19.7 Å². The molecule has 0 saturated carbocycles. The average Bonchev–Trinajstić information content (AvgIpc) is 3.42. The SMILES string of the molecule is Cc1ccc(-n2nc(C(=O)N(C)Cc3ccco3)nc2-c2ccco2)cc1. The van der Waals surface area contributed by atoms with Gasteiger partial charge >= 0.3 is 0 Å². The summed E-state index contributed by atoms with van der Waals surface area (Å²) in [5.74, 6) is 1.49. The molecule has 7 heteroatoms. The van der Waals surface area contributed by atoms with E-state index in [-0.39, 0.29) is 11.7 Å². The molecule has 136 valence electrons. The van der Waals surface area contributed by atoms with E-state index in [1.54, 1.807) is 42.5 Å². The number of rotatable bonds is 5. The number of amides is 1. The van der Waals surface area contributed by atoms with Crippen LogP contribution in [0.2, 0.25) is 0 Å². The molecule has 0 aliphatic rings. The second-order valence-corrected chi connectivity index (χ2v) is 6.22. The van der Waals surface area contributed by atoms with Gasteiger partial charge in [0.05, 0.1) is 24.8 Å². The Morgan fingerprint density at radius 2 is 1.81 bits per heavy atom. The van der Waals surface area contributed by atoms with Crippen molar-refractivity contribution in [2.24, 2.45) is 0 Å². The molecule has 0 radical (unpaired) electrons. The summed E-state index contributed by atoms with van der Waals surface area (Å²) in [7, 11) is 1.68. The van der Waals surface area contributed by atoms with E-state index in [9.17, 15) is 4.79 Å². The van der Waals surface area contributed by atoms with Gasteiger partial charge in [-0.1, -0.05) is 17.7 Å². The van der Waals surface area contributed by atoms with Crippen molar-refractivity contribution in [3.8, 4) is 17.3 Å². The number of furan rings is 2. The Morgan fingerprint density at radius 3 is 2.48 bits per heavy atom. The summed E-state index contributed by atoms with van der Waals surface area (Å²) < 4.78 is 12.4. The van der Waals surface area contributed by atoms with Gasteiger partial charge in [-0.3, -0.25) is 4.79 Å². The first-order valence-corrected chi connectivity index (χ1v) is 8.47. The topological polar surface area (TPSA) is 77.3 Å². The van der Waals surface area contributed by atoms with Crippen LogP contribution in [0.1, 0.15) is 21.9 Å².